The van der Waals surface area contributed by atoms with E-state index >= 15 is 0 Å². The summed E-state index contributed by atoms with van der Waals surface area (Å²) in [6, 6.07) is 2.98. The first-order valence-electron chi connectivity index (χ1n) is 4.85. The number of fused-ring (bicyclic) bond motifs is 1. The van der Waals surface area contributed by atoms with E-state index in [-0.39, 0.29) is 5.82 Å². The second-order valence-electron chi connectivity index (χ2n) is 3.50. The third kappa shape index (κ3) is 1.96. The molecule has 1 N–H and O–H groups in total. The van der Waals surface area contributed by atoms with Crippen LogP contribution < -0.4 is 4.74 Å². The van der Waals surface area contributed by atoms with E-state index in [9.17, 15) is 9.50 Å². The molecule has 0 saturated heterocycles. The predicted octanol–water partition coefficient (Wildman–Crippen LogP) is 2.50. The van der Waals surface area contributed by atoms with Crippen molar-refractivity contribution in [2.75, 3.05) is 12.9 Å². The van der Waals surface area contributed by atoms with E-state index in [2.05, 4.69) is 0 Å². The molecule has 0 spiro atoms. The minimum Gasteiger partial charge on any atom is -0.496 e. The van der Waals surface area contributed by atoms with Crippen LogP contribution in [0.2, 0.25) is 0 Å². The van der Waals surface area contributed by atoms with Gasteiger partial charge in [0.2, 0.25) is 0 Å². The van der Waals surface area contributed by atoms with E-state index in [0.29, 0.717) is 23.5 Å². The molecule has 0 bridgehead atoms. The third-order valence-corrected chi connectivity index (χ3v) is 3.61. The zero-order valence-corrected chi connectivity index (χ0v) is 9.31. The Morgan fingerprint density at radius 2 is 2.33 bits per heavy atom. The highest BCUT2D eigenvalue weighted by molar-refractivity contribution is 7.98. The van der Waals surface area contributed by atoms with Crippen molar-refractivity contribution < 1.29 is 14.2 Å². The predicted molar refractivity (Wildman–Crippen MR) is 58.7 cm³/mol. The minimum absolute atomic E-state index is 0.333. The fraction of sp³-hybridized carbons (Fsp3) is 0.455. The number of ether oxygens (including phenoxy) is 1. The van der Waals surface area contributed by atoms with E-state index in [1.807, 2.05) is 0 Å². The van der Waals surface area contributed by atoms with Crippen molar-refractivity contribution in [3.63, 3.8) is 0 Å². The number of methoxy groups -OCH3 is 1. The van der Waals surface area contributed by atoms with Gasteiger partial charge in [-0.1, -0.05) is 0 Å². The highest BCUT2D eigenvalue weighted by Gasteiger charge is 2.23. The van der Waals surface area contributed by atoms with Crippen molar-refractivity contribution >= 4 is 11.8 Å². The highest BCUT2D eigenvalue weighted by Crippen LogP contribution is 2.37. The average molecular weight is 228 g/mol. The second kappa shape index (κ2) is 4.41. The van der Waals surface area contributed by atoms with Crippen LogP contribution in [0.3, 0.4) is 0 Å². The van der Waals surface area contributed by atoms with Crippen LogP contribution in [0.15, 0.2) is 12.1 Å². The highest BCUT2D eigenvalue weighted by atomic mass is 32.2. The van der Waals surface area contributed by atoms with Crippen LogP contribution in [0, 0.1) is 5.82 Å². The summed E-state index contributed by atoms with van der Waals surface area (Å²) in [6.45, 7) is 0. The Balaban J connectivity index is 2.55. The number of hydrogen-bond donors (Lipinski definition) is 1. The zero-order chi connectivity index (χ0) is 10.8. The molecule has 1 heterocycles. The zero-order valence-electron chi connectivity index (χ0n) is 8.50. The molecule has 0 aliphatic carbocycles. The summed E-state index contributed by atoms with van der Waals surface area (Å²) in [5.41, 5.74) is 1.21. The summed E-state index contributed by atoms with van der Waals surface area (Å²) < 4.78 is 18.8. The molecule has 1 aromatic carbocycles. The lowest BCUT2D eigenvalue weighted by atomic mass is 10.0. The lowest BCUT2D eigenvalue weighted by Crippen LogP contribution is -2.04. The summed E-state index contributed by atoms with van der Waals surface area (Å²) in [7, 11) is 1.56. The molecule has 0 fully saturated rings. The van der Waals surface area contributed by atoms with Crippen molar-refractivity contribution in [1.29, 1.82) is 0 Å². The maximum absolute atomic E-state index is 13.6. The third-order valence-electron chi connectivity index (χ3n) is 2.60. The first kappa shape index (κ1) is 10.8. The van der Waals surface area contributed by atoms with Gasteiger partial charge in [-0.05, 0) is 24.3 Å². The van der Waals surface area contributed by atoms with Crippen molar-refractivity contribution in [2.24, 2.45) is 0 Å². The van der Waals surface area contributed by atoms with Gasteiger partial charge in [0, 0.05) is 16.9 Å². The van der Waals surface area contributed by atoms with Crippen molar-refractivity contribution in [3.8, 4) is 5.75 Å². The van der Waals surface area contributed by atoms with Gasteiger partial charge in [0.25, 0.3) is 0 Å². The Labute approximate surface area is 92.4 Å². The van der Waals surface area contributed by atoms with Crippen LogP contribution in [0.25, 0.3) is 0 Å². The summed E-state index contributed by atoms with van der Waals surface area (Å²) >= 11 is 1.69. The molecule has 1 aliphatic heterocycles. The molecule has 0 saturated carbocycles. The summed E-state index contributed by atoms with van der Waals surface area (Å²) in [6.07, 6.45) is -0.105. The average Bonchev–Trinajstić information content (AvgIpc) is 2.42. The van der Waals surface area contributed by atoms with Crippen LogP contribution in [-0.2, 0) is 5.75 Å². The first-order valence-corrected chi connectivity index (χ1v) is 6.00. The Hall–Kier alpha value is -0.740. The van der Waals surface area contributed by atoms with Gasteiger partial charge >= 0.3 is 0 Å². The normalized spacial score (nSPS) is 20.6. The lowest BCUT2D eigenvalue weighted by Gasteiger charge is -2.15. The van der Waals surface area contributed by atoms with Crippen molar-refractivity contribution in [1.82, 2.24) is 0 Å². The Kier molecular flexibility index (Phi) is 3.17. The number of hydrogen-bond acceptors (Lipinski definition) is 3. The molecule has 15 heavy (non-hydrogen) atoms. The summed E-state index contributed by atoms with van der Waals surface area (Å²) in [5, 5.41) is 9.83. The van der Waals surface area contributed by atoms with Gasteiger partial charge in [0.05, 0.1) is 13.2 Å². The summed E-state index contributed by atoms with van der Waals surface area (Å²) in [4.78, 5) is 0. The fourth-order valence-electron chi connectivity index (χ4n) is 1.83. The fourth-order valence-corrected chi connectivity index (χ4v) is 2.87. The molecule has 1 aliphatic rings. The van der Waals surface area contributed by atoms with Crippen molar-refractivity contribution in [2.45, 2.75) is 18.3 Å². The maximum atomic E-state index is 13.6. The Morgan fingerprint density at radius 1 is 1.53 bits per heavy atom. The number of benzene rings is 1. The molecule has 2 rings (SSSR count). The second-order valence-corrected chi connectivity index (χ2v) is 4.60. The smallest absolute Gasteiger partial charge is 0.129 e. The number of rotatable bonds is 1. The summed E-state index contributed by atoms with van der Waals surface area (Å²) in [5.74, 6) is 1.88. The number of aliphatic hydroxyl groups excluding tert-OH is 1. The van der Waals surface area contributed by atoms with Crippen LogP contribution >= 0.6 is 11.8 Å². The monoisotopic (exact) mass is 228 g/mol. The largest absolute Gasteiger partial charge is 0.496 e. The van der Waals surface area contributed by atoms with E-state index in [1.54, 1.807) is 24.9 Å². The molecule has 1 aromatic rings. The molecule has 0 radical (unpaired) electrons. The molecular formula is C11H13FO2S. The first-order chi connectivity index (χ1) is 7.24. The number of halogens is 1. The molecule has 0 aromatic heterocycles. The van der Waals surface area contributed by atoms with Crippen LogP contribution in [0.4, 0.5) is 4.39 Å². The van der Waals surface area contributed by atoms with E-state index in [4.69, 9.17) is 4.74 Å². The topological polar surface area (TPSA) is 29.5 Å². The molecule has 1 atom stereocenters. The Bertz CT molecular complexity index is 368. The Morgan fingerprint density at radius 3 is 3.07 bits per heavy atom. The van der Waals surface area contributed by atoms with Crippen LogP contribution in [-0.4, -0.2) is 18.0 Å². The van der Waals surface area contributed by atoms with Gasteiger partial charge < -0.3 is 9.84 Å². The molecule has 2 nitrogen and oxygen atoms in total. The standard InChI is InChI=1S/C11H13FO2S/c1-14-10-3-2-8(12)11-7(10)6-15-5-4-9(11)13/h2-3,9,13H,4-6H2,1H3/t9-/m0/s1. The van der Waals surface area contributed by atoms with Gasteiger partial charge in [0.15, 0.2) is 0 Å². The van der Waals surface area contributed by atoms with E-state index in [1.165, 1.54) is 6.07 Å². The van der Waals surface area contributed by atoms with Gasteiger partial charge in [-0.2, -0.15) is 11.8 Å². The molecule has 4 heteroatoms. The maximum Gasteiger partial charge on any atom is 0.129 e. The number of aliphatic hydroxyl groups is 1. The number of thioether (sulfide) groups is 1. The molecule has 0 amide bonds. The molecule has 82 valence electrons. The minimum atomic E-state index is -0.704. The van der Waals surface area contributed by atoms with Gasteiger partial charge in [-0.15, -0.1) is 0 Å². The lowest BCUT2D eigenvalue weighted by molar-refractivity contribution is 0.169. The van der Waals surface area contributed by atoms with Gasteiger partial charge in [-0.25, -0.2) is 4.39 Å². The van der Waals surface area contributed by atoms with E-state index in [0.717, 1.165) is 11.3 Å². The van der Waals surface area contributed by atoms with Gasteiger partial charge in [0.1, 0.15) is 11.6 Å². The quantitative estimate of drug-likeness (QED) is 0.800. The van der Waals surface area contributed by atoms with Gasteiger partial charge in [-0.3, -0.25) is 0 Å². The van der Waals surface area contributed by atoms with Crippen molar-refractivity contribution in [3.05, 3.63) is 29.1 Å². The SMILES string of the molecule is COc1ccc(F)c2c1CSCC[C@@H]2O. The van der Waals surface area contributed by atoms with Crippen LogP contribution in [0.5, 0.6) is 5.75 Å². The molecule has 0 unspecified atom stereocenters. The molecular weight excluding hydrogens is 215 g/mol. The van der Waals surface area contributed by atoms with E-state index < -0.39 is 6.10 Å². The van der Waals surface area contributed by atoms with Crippen LogP contribution in [0.1, 0.15) is 23.7 Å².